The van der Waals surface area contributed by atoms with Crippen molar-refractivity contribution in [3.05, 3.63) is 28.2 Å². The molecule has 3 nitrogen and oxygen atoms in total. The Hall–Kier alpha value is -0.930. The smallest absolute Gasteiger partial charge is 0.221 e. The first-order valence-corrected chi connectivity index (χ1v) is 6.70. The number of amides is 1. The predicted molar refractivity (Wildman–Crippen MR) is 77.4 cm³/mol. The van der Waals surface area contributed by atoms with E-state index in [1.54, 1.807) is 18.2 Å². The van der Waals surface area contributed by atoms with E-state index in [1.165, 1.54) is 0 Å². The van der Waals surface area contributed by atoms with Crippen molar-refractivity contribution >= 4 is 34.8 Å². The topological polar surface area (TPSA) is 41.1 Å². The van der Waals surface area contributed by atoms with E-state index in [4.69, 9.17) is 23.2 Å². The van der Waals surface area contributed by atoms with Crippen LogP contribution in [0.15, 0.2) is 18.2 Å². The highest BCUT2D eigenvalue weighted by Gasteiger charge is 2.04. The minimum atomic E-state index is 0.0429. The molecule has 1 amide bonds. The Morgan fingerprint density at radius 3 is 2.67 bits per heavy atom. The van der Waals surface area contributed by atoms with Gasteiger partial charge in [0.2, 0.25) is 5.91 Å². The van der Waals surface area contributed by atoms with E-state index in [1.807, 2.05) is 0 Å². The van der Waals surface area contributed by atoms with Crippen molar-refractivity contribution < 1.29 is 4.79 Å². The first-order chi connectivity index (χ1) is 8.49. The van der Waals surface area contributed by atoms with E-state index in [0.29, 0.717) is 35.5 Å². The summed E-state index contributed by atoms with van der Waals surface area (Å²) in [5.74, 6) is 0.508. The second kappa shape index (κ2) is 7.49. The van der Waals surface area contributed by atoms with Crippen LogP contribution in [0, 0.1) is 5.92 Å². The van der Waals surface area contributed by atoms with Gasteiger partial charge in [-0.3, -0.25) is 4.79 Å². The third-order valence-corrected chi connectivity index (χ3v) is 2.85. The second-order valence-corrected chi connectivity index (χ2v) is 5.34. The highest BCUT2D eigenvalue weighted by atomic mass is 35.5. The van der Waals surface area contributed by atoms with E-state index in [0.717, 1.165) is 5.69 Å². The Bertz CT molecular complexity index is 408. The van der Waals surface area contributed by atoms with Crippen molar-refractivity contribution in [3.63, 3.8) is 0 Å². The van der Waals surface area contributed by atoms with Crippen LogP contribution in [0.25, 0.3) is 0 Å². The molecule has 0 saturated carbocycles. The Labute approximate surface area is 118 Å². The van der Waals surface area contributed by atoms with Crippen molar-refractivity contribution in [2.75, 3.05) is 18.4 Å². The molecule has 0 aromatic heterocycles. The first-order valence-electron chi connectivity index (χ1n) is 5.94. The predicted octanol–water partition coefficient (Wildman–Crippen LogP) is 3.57. The second-order valence-electron chi connectivity index (χ2n) is 4.50. The molecule has 1 rings (SSSR count). The zero-order valence-electron chi connectivity index (χ0n) is 10.6. The SMILES string of the molecule is CC(C)CNC(=O)CCNc1ccc(Cl)cc1Cl. The third-order valence-electron chi connectivity index (χ3n) is 2.31. The summed E-state index contributed by atoms with van der Waals surface area (Å²) >= 11 is 11.8. The van der Waals surface area contributed by atoms with Gasteiger partial charge in [0.1, 0.15) is 0 Å². The van der Waals surface area contributed by atoms with Gasteiger partial charge in [0, 0.05) is 24.5 Å². The van der Waals surface area contributed by atoms with Crippen molar-refractivity contribution in [3.8, 4) is 0 Å². The van der Waals surface area contributed by atoms with E-state index in [9.17, 15) is 4.79 Å². The van der Waals surface area contributed by atoms with Gasteiger partial charge in [0.05, 0.1) is 10.7 Å². The number of hydrogen-bond acceptors (Lipinski definition) is 2. The lowest BCUT2D eigenvalue weighted by Crippen LogP contribution is -2.28. The standard InChI is InChI=1S/C13H18Cl2N2O/c1-9(2)8-17-13(18)5-6-16-12-4-3-10(14)7-11(12)15/h3-4,7,9,16H,5-6,8H2,1-2H3,(H,17,18). The molecule has 0 bridgehead atoms. The van der Waals surface area contributed by atoms with Crippen LogP contribution < -0.4 is 10.6 Å². The summed E-state index contributed by atoms with van der Waals surface area (Å²) in [5, 5.41) is 7.12. The van der Waals surface area contributed by atoms with Gasteiger partial charge in [-0.2, -0.15) is 0 Å². The summed E-state index contributed by atoms with van der Waals surface area (Å²) < 4.78 is 0. The molecule has 1 aromatic carbocycles. The van der Waals surface area contributed by atoms with E-state index >= 15 is 0 Å². The Morgan fingerprint density at radius 2 is 2.06 bits per heavy atom. The first kappa shape index (κ1) is 15.1. The summed E-state index contributed by atoms with van der Waals surface area (Å²) in [6, 6.07) is 5.23. The monoisotopic (exact) mass is 288 g/mol. The zero-order chi connectivity index (χ0) is 13.5. The molecule has 0 saturated heterocycles. The van der Waals surface area contributed by atoms with Crippen molar-refractivity contribution in [2.24, 2.45) is 5.92 Å². The van der Waals surface area contributed by atoms with Gasteiger partial charge < -0.3 is 10.6 Å². The minimum absolute atomic E-state index is 0.0429. The van der Waals surface area contributed by atoms with E-state index in [2.05, 4.69) is 24.5 Å². The van der Waals surface area contributed by atoms with Crippen molar-refractivity contribution in [1.82, 2.24) is 5.32 Å². The molecule has 0 spiro atoms. The van der Waals surface area contributed by atoms with Crippen LogP contribution >= 0.6 is 23.2 Å². The molecular weight excluding hydrogens is 271 g/mol. The Balaban J connectivity index is 2.31. The molecule has 18 heavy (non-hydrogen) atoms. The molecule has 0 aliphatic carbocycles. The molecule has 100 valence electrons. The number of carbonyl (C=O) groups is 1. The summed E-state index contributed by atoms with van der Waals surface area (Å²) in [7, 11) is 0. The number of rotatable bonds is 6. The summed E-state index contributed by atoms with van der Waals surface area (Å²) in [6.07, 6.45) is 0.422. The molecule has 5 heteroatoms. The van der Waals surface area contributed by atoms with Gasteiger partial charge in [-0.05, 0) is 24.1 Å². The minimum Gasteiger partial charge on any atom is -0.383 e. The molecule has 0 aliphatic rings. The number of carbonyl (C=O) groups excluding carboxylic acids is 1. The fourth-order valence-corrected chi connectivity index (χ4v) is 1.83. The normalized spacial score (nSPS) is 10.5. The largest absolute Gasteiger partial charge is 0.383 e. The molecule has 0 unspecified atom stereocenters. The molecular formula is C13H18Cl2N2O. The maximum absolute atomic E-state index is 11.5. The molecule has 0 heterocycles. The van der Waals surface area contributed by atoms with Gasteiger partial charge in [-0.1, -0.05) is 37.0 Å². The van der Waals surface area contributed by atoms with E-state index in [-0.39, 0.29) is 5.91 Å². The average molecular weight is 289 g/mol. The number of nitrogens with one attached hydrogen (secondary N) is 2. The lowest BCUT2D eigenvalue weighted by Gasteiger charge is -2.10. The third kappa shape index (κ3) is 5.61. The molecule has 0 radical (unpaired) electrons. The van der Waals surface area contributed by atoms with Gasteiger partial charge in [0.15, 0.2) is 0 Å². The Kier molecular flexibility index (Phi) is 6.30. The quantitative estimate of drug-likeness (QED) is 0.840. The van der Waals surface area contributed by atoms with Crippen LogP contribution in [0.1, 0.15) is 20.3 Å². The van der Waals surface area contributed by atoms with Crippen LogP contribution in [-0.2, 0) is 4.79 Å². The lowest BCUT2D eigenvalue weighted by molar-refractivity contribution is -0.120. The molecule has 2 N–H and O–H groups in total. The van der Waals surface area contributed by atoms with Crippen LogP contribution in [0.4, 0.5) is 5.69 Å². The summed E-state index contributed by atoms with van der Waals surface area (Å²) in [4.78, 5) is 11.5. The van der Waals surface area contributed by atoms with Crippen LogP contribution in [0.5, 0.6) is 0 Å². The number of hydrogen-bond donors (Lipinski definition) is 2. The van der Waals surface area contributed by atoms with Gasteiger partial charge in [-0.15, -0.1) is 0 Å². The molecule has 0 atom stereocenters. The van der Waals surface area contributed by atoms with Crippen LogP contribution in [0.2, 0.25) is 10.0 Å². The molecule has 0 fully saturated rings. The molecule has 0 aliphatic heterocycles. The maximum atomic E-state index is 11.5. The van der Waals surface area contributed by atoms with Crippen LogP contribution in [0.3, 0.4) is 0 Å². The summed E-state index contributed by atoms with van der Waals surface area (Å²) in [6.45, 7) is 5.38. The fourth-order valence-electron chi connectivity index (χ4n) is 1.35. The zero-order valence-corrected chi connectivity index (χ0v) is 12.1. The maximum Gasteiger partial charge on any atom is 0.221 e. The highest BCUT2D eigenvalue weighted by molar-refractivity contribution is 6.36. The highest BCUT2D eigenvalue weighted by Crippen LogP contribution is 2.25. The van der Waals surface area contributed by atoms with E-state index < -0.39 is 0 Å². The average Bonchev–Trinajstić information content (AvgIpc) is 2.29. The molecule has 1 aromatic rings. The van der Waals surface area contributed by atoms with Crippen molar-refractivity contribution in [2.45, 2.75) is 20.3 Å². The fraction of sp³-hybridized carbons (Fsp3) is 0.462. The number of anilines is 1. The van der Waals surface area contributed by atoms with Crippen molar-refractivity contribution in [1.29, 1.82) is 0 Å². The van der Waals surface area contributed by atoms with Crippen LogP contribution in [-0.4, -0.2) is 19.0 Å². The number of benzene rings is 1. The lowest BCUT2D eigenvalue weighted by atomic mass is 10.2. The van der Waals surface area contributed by atoms with Gasteiger partial charge in [0.25, 0.3) is 0 Å². The number of halogens is 2. The Morgan fingerprint density at radius 1 is 1.33 bits per heavy atom. The van der Waals surface area contributed by atoms with Gasteiger partial charge >= 0.3 is 0 Å². The summed E-state index contributed by atoms with van der Waals surface area (Å²) in [5.41, 5.74) is 0.790. The van der Waals surface area contributed by atoms with Gasteiger partial charge in [-0.25, -0.2) is 0 Å².